The lowest BCUT2D eigenvalue weighted by Gasteiger charge is -2.17. The number of nitrogens with zero attached hydrogens (tertiary/aromatic N) is 2. The minimum atomic E-state index is -0.500. The van der Waals surface area contributed by atoms with Crippen molar-refractivity contribution in [2.75, 3.05) is 6.54 Å². The van der Waals surface area contributed by atoms with Gasteiger partial charge in [0.25, 0.3) is 0 Å². The second-order valence-electron chi connectivity index (χ2n) is 4.61. The standard InChI is InChI=1S/C11H18BrN3O/c1-7(2)15-11(9(12)5-14-15)10(16)6-13-8-3-4-8/h5,7-8,10,13,16H,3-4,6H2,1-2H3. The SMILES string of the molecule is CC(C)n1ncc(Br)c1C(O)CNC1CC1. The van der Waals surface area contributed by atoms with E-state index in [0.717, 1.165) is 10.2 Å². The molecule has 1 saturated carbocycles. The number of hydrogen-bond acceptors (Lipinski definition) is 3. The number of nitrogens with one attached hydrogen (secondary N) is 1. The van der Waals surface area contributed by atoms with Crippen LogP contribution in [0.25, 0.3) is 0 Å². The molecule has 1 aromatic rings. The van der Waals surface area contributed by atoms with Gasteiger partial charge in [-0.1, -0.05) is 0 Å². The molecule has 1 aliphatic rings. The fraction of sp³-hybridized carbons (Fsp3) is 0.727. The van der Waals surface area contributed by atoms with Crippen LogP contribution in [0.3, 0.4) is 0 Å². The molecule has 0 amide bonds. The molecule has 1 aliphatic carbocycles. The van der Waals surface area contributed by atoms with Gasteiger partial charge in [0, 0.05) is 18.6 Å². The van der Waals surface area contributed by atoms with Gasteiger partial charge in [0.2, 0.25) is 0 Å². The van der Waals surface area contributed by atoms with Crippen molar-refractivity contribution in [3.8, 4) is 0 Å². The van der Waals surface area contributed by atoms with E-state index in [4.69, 9.17) is 0 Å². The number of aromatic nitrogens is 2. The number of halogens is 1. The van der Waals surface area contributed by atoms with E-state index in [1.54, 1.807) is 6.20 Å². The highest BCUT2D eigenvalue weighted by molar-refractivity contribution is 9.10. The average molecular weight is 288 g/mol. The summed E-state index contributed by atoms with van der Waals surface area (Å²) in [7, 11) is 0. The highest BCUT2D eigenvalue weighted by Crippen LogP contribution is 2.26. The van der Waals surface area contributed by atoms with Crippen LogP contribution < -0.4 is 5.32 Å². The van der Waals surface area contributed by atoms with E-state index < -0.39 is 6.10 Å². The van der Waals surface area contributed by atoms with E-state index in [0.29, 0.717) is 12.6 Å². The smallest absolute Gasteiger partial charge is 0.109 e. The predicted octanol–water partition coefficient (Wildman–Crippen LogP) is 2.01. The number of hydrogen-bond donors (Lipinski definition) is 2. The van der Waals surface area contributed by atoms with Gasteiger partial charge in [-0.25, -0.2) is 0 Å². The van der Waals surface area contributed by atoms with E-state index in [1.807, 2.05) is 4.68 Å². The van der Waals surface area contributed by atoms with Gasteiger partial charge < -0.3 is 10.4 Å². The maximum Gasteiger partial charge on any atom is 0.109 e. The lowest BCUT2D eigenvalue weighted by atomic mass is 10.2. The Morgan fingerprint density at radius 2 is 2.31 bits per heavy atom. The summed E-state index contributed by atoms with van der Waals surface area (Å²) in [5.41, 5.74) is 0.864. The molecule has 0 radical (unpaired) electrons. The molecule has 0 aromatic carbocycles. The minimum Gasteiger partial charge on any atom is -0.385 e. The van der Waals surface area contributed by atoms with Crippen molar-refractivity contribution in [2.24, 2.45) is 0 Å². The molecule has 1 atom stereocenters. The summed E-state index contributed by atoms with van der Waals surface area (Å²) in [5, 5.41) is 17.7. The fourth-order valence-corrected chi connectivity index (χ4v) is 2.27. The highest BCUT2D eigenvalue weighted by Gasteiger charge is 2.24. The monoisotopic (exact) mass is 287 g/mol. The molecule has 1 aromatic heterocycles. The van der Waals surface area contributed by atoms with E-state index in [1.165, 1.54) is 12.8 Å². The second kappa shape index (κ2) is 4.85. The Labute approximate surface area is 104 Å². The molecule has 5 heteroatoms. The fourth-order valence-electron chi connectivity index (χ4n) is 1.74. The molecule has 2 rings (SSSR count). The van der Waals surface area contributed by atoms with E-state index in [2.05, 4.69) is 40.2 Å². The third kappa shape index (κ3) is 2.64. The van der Waals surface area contributed by atoms with Crippen molar-refractivity contribution in [1.29, 1.82) is 0 Å². The van der Waals surface area contributed by atoms with Gasteiger partial charge in [0.05, 0.1) is 16.4 Å². The van der Waals surface area contributed by atoms with Crippen LogP contribution in [0.4, 0.5) is 0 Å². The van der Waals surface area contributed by atoms with Gasteiger partial charge in [0.1, 0.15) is 6.10 Å². The van der Waals surface area contributed by atoms with Crippen LogP contribution in [-0.4, -0.2) is 27.5 Å². The van der Waals surface area contributed by atoms with Gasteiger partial charge in [-0.15, -0.1) is 0 Å². The molecule has 0 saturated heterocycles. The molecule has 1 fully saturated rings. The molecule has 90 valence electrons. The molecular weight excluding hydrogens is 270 g/mol. The Kier molecular flexibility index (Phi) is 3.66. The van der Waals surface area contributed by atoms with Crippen LogP contribution in [0.5, 0.6) is 0 Å². The summed E-state index contributed by atoms with van der Waals surface area (Å²) in [4.78, 5) is 0. The number of rotatable bonds is 5. The second-order valence-corrected chi connectivity index (χ2v) is 5.47. The van der Waals surface area contributed by atoms with Gasteiger partial charge >= 0.3 is 0 Å². The minimum absolute atomic E-state index is 0.261. The average Bonchev–Trinajstić information content (AvgIpc) is 2.97. The molecule has 4 nitrogen and oxygen atoms in total. The maximum atomic E-state index is 10.1. The zero-order valence-corrected chi connectivity index (χ0v) is 11.2. The van der Waals surface area contributed by atoms with Crippen molar-refractivity contribution >= 4 is 15.9 Å². The first-order valence-electron chi connectivity index (χ1n) is 5.74. The van der Waals surface area contributed by atoms with Crippen molar-refractivity contribution in [2.45, 2.75) is 44.9 Å². The van der Waals surface area contributed by atoms with Crippen LogP contribution in [-0.2, 0) is 0 Å². The number of aliphatic hydroxyl groups is 1. The Balaban J connectivity index is 2.07. The first-order chi connectivity index (χ1) is 7.59. The van der Waals surface area contributed by atoms with Crippen LogP contribution >= 0.6 is 15.9 Å². The lowest BCUT2D eigenvalue weighted by molar-refractivity contribution is 0.160. The summed E-state index contributed by atoms with van der Waals surface area (Å²) in [6.07, 6.45) is 3.71. The summed E-state index contributed by atoms with van der Waals surface area (Å²) >= 11 is 3.44. The van der Waals surface area contributed by atoms with Crippen LogP contribution in [0, 0.1) is 0 Å². The summed E-state index contributed by atoms with van der Waals surface area (Å²) in [6, 6.07) is 0.876. The van der Waals surface area contributed by atoms with Crippen molar-refractivity contribution in [1.82, 2.24) is 15.1 Å². The predicted molar refractivity (Wildman–Crippen MR) is 66.3 cm³/mol. The Morgan fingerprint density at radius 1 is 1.62 bits per heavy atom. The Hall–Kier alpha value is -0.390. The van der Waals surface area contributed by atoms with Gasteiger partial charge in [0.15, 0.2) is 0 Å². The van der Waals surface area contributed by atoms with Crippen LogP contribution in [0.1, 0.15) is 44.5 Å². The summed E-state index contributed by atoms with van der Waals surface area (Å²) < 4.78 is 2.75. The first kappa shape index (κ1) is 12.1. The third-order valence-corrected chi connectivity index (χ3v) is 3.38. The Morgan fingerprint density at radius 3 is 2.88 bits per heavy atom. The molecule has 1 unspecified atom stereocenters. The maximum absolute atomic E-state index is 10.1. The zero-order valence-electron chi connectivity index (χ0n) is 9.65. The molecule has 0 aliphatic heterocycles. The quantitative estimate of drug-likeness (QED) is 0.871. The van der Waals surface area contributed by atoms with Gasteiger partial charge in [-0.3, -0.25) is 4.68 Å². The van der Waals surface area contributed by atoms with E-state index >= 15 is 0 Å². The normalized spacial score (nSPS) is 18.1. The van der Waals surface area contributed by atoms with E-state index in [9.17, 15) is 5.11 Å². The molecular formula is C11H18BrN3O. The summed E-state index contributed by atoms with van der Waals surface area (Å²) in [5.74, 6) is 0. The van der Waals surface area contributed by atoms with Crippen molar-refractivity contribution < 1.29 is 5.11 Å². The third-order valence-electron chi connectivity index (χ3n) is 2.77. The van der Waals surface area contributed by atoms with Crippen molar-refractivity contribution in [3.63, 3.8) is 0 Å². The van der Waals surface area contributed by atoms with Gasteiger partial charge in [-0.2, -0.15) is 5.10 Å². The van der Waals surface area contributed by atoms with Crippen LogP contribution in [0.15, 0.2) is 10.7 Å². The molecule has 0 bridgehead atoms. The highest BCUT2D eigenvalue weighted by atomic mass is 79.9. The molecule has 2 N–H and O–H groups in total. The Bertz CT molecular complexity index is 360. The first-order valence-corrected chi connectivity index (χ1v) is 6.53. The van der Waals surface area contributed by atoms with E-state index in [-0.39, 0.29) is 6.04 Å². The molecule has 16 heavy (non-hydrogen) atoms. The lowest BCUT2D eigenvalue weighted by Crippen LogP contribution is -2.25. The molecule has 1 heterocycles. The number of aliphatic hydroxyl groups excluding tert-OH is 1. The largest absolute Gasteiger partial charge is 0.385 e. The van der Waals surface area contributed by atoms with Gasteiger partial charge in [-0.05, 0) is 42.6 Å². The van der Waals surface area contributed by atoms with Crippen molar-refractivity contribution in [3.05, 3.63) is 16.4 Å². The topological polar surface area (TPSA) is 50.1 Å². The summed E-state index contributed by atoms with van der Waals surface area (Å²) in [6.45, 7) is 4.72. The zero-order chi connectivity index (χ0) is 11.7. The molecule has 0 spiro atoms. The van der Waals surface area contributed by atoms with Crippen LogP contribution in [0.2, 0.25) is 0 Å².